The molecule has 1 atom stereocenters. The summed E-state index contributed by atoms with van der Waals surface area (Å²) in [6.07, 6.45) is 1.49. The van der Waals surface area contributed by atoms with Crippen LogP contribution in [0.3, 0.4) is 0 Å². The standard InChI is InChI=1S/C11H20BrN7/c1-18-3-4-19(2)8(6-18)5-14-10-9(12)11(17-13)16-7-15-10/h7-8H,3-6,13H2,1-2H3,(H2,14,15,16,17). The minimum Gasteiger partial charge on any atom is -0.367 e. The smallest absolute Gasteiger partial charge is 0.159 e. The highest BCUT2D eigenvalue weighted by Gasteiger charge is 2.22. The molecule has 106 valence electrons. The Kier molecular flexibility index (Phi) is 4.92. The van der Waals surface area contributed by atoms with E-state index in [9.17, 15) is 0 Å². The second-order valence-electron chi connectivity index (χ2n) is 4.81. The number of nitrogen functional groups attached to an aromatic ring is 1. The Morgan fingerprint density at radius 3 is 2.84 bits per heavy atom. The molecule has 19 heavy (non-hydrogen) atoms. The number of aromatic nitrogens is 2. The number of hydrogen-bond acceptors (Lipinski definition) is 7. The highest BCUT2D eigenvalue weighted by Crippen LogP contribution is 2.25. The fourth-order valence-electron chi connectivity index (χ4n) is 2.13. The van der Waals surface area contributed by atoms with Crippen LogP contribution >= 0.6 is 15.9 Å². The maximum atomic E-state index is 5.39. The lowest BCUT2D eigenvalue weighted by Gasteiger charge is -2.37. The number of hydrogen-bond donors (Lipinski definition) is 3. The third-order valence-corrected chi connectivity index (χ3v) is 4.16. The molecule has 1 unspecified atom stereocenters. The van der Waals surface area contributed by atoms with Crippen LogP contribution in [0.1, 0.15) is 0 Å². The van der Waals surface area contributed by atoms with Gasteiger partial charge in [0.05, 0.1) is 0 Å². The van der Waals surface area contributed by atoms with Crippen molar-refractivity contribution in [1.29, 1.82) is 0 Å². The number of nitrogens with two attached hydrogens (primary N) is 1. The number of halogens is 1. The van der Waals surface area contributed by atoms with Crippen molar-refractivity contribution in [3.8, 4) is 0 Å². The lowest BCUT2D eigenvalue weighted by molar-refractivity contribution is 0.122. The molecular weight excluding hydrogens is 310 g/mol. The minimum absolute atomic E-state index is 0.468. The number of piperazine rings is 1. The van der Waals surface area contributed by atoms with Crippen LogP contribution in [-0.4, -0.2) is 66.1 Å². The van der Waals surface area contributed by atoms with Gasteiger partial charge in [0.15, 0.2) is 5.82 Å². The predicted octanol–water partition coefficient (Wildman–Crippen LogP) is 0.182. The van der Waals surface area contributed by atoms with E-state index < -0.39 is 0 Å². The fraction of sp³-hybridized carbons (Fsp3) is 0.636. The van der Waals surface area contributed by atoms with E-state index in [1.807, 2.05) is 0 Å². The van der Waals surface area contributed by atoms with Gasteiger partial charge in [-0.15, -0.1) is 0 Å². The van der Waals surface area contributed by atoms with Gasteiger partial charge in [-0.25, -0.2) is 15.8 Å². The summed E-state index contributed by atoms with van der Waals surface area (Å²) < 4.78 is 0.754. The van der Waals surface area contributed by atoms with Crippen LogP contribution < -0.4 is 16.6 Å². The summed E-state index contributed by atoms with van der Waals surface area (Å²) in [4.78, 5) is 13.0. The minimum atomic E-state index is 0.468. The molecule has 1 aliphatic heterocycles. The molecule has 0 aromatic carbocycles. The largest absolute Gasteiger partial charge is 0.367 e. The van der Waals surface area contributed by atoms with Crippen molar-refractivity contribution >= 4 is 27.6 Å². The van der Waals surface area contributed by atoms with Gasteiger partial charge in [0.25, 0.3) is 0 Å². The van der Waals surface area contributed by atoms with Crippen molar-refractivity contribution in [2.24, 2.45) is 5.84 Å². The molecule has 7 nitrogen and oxygen atoms in total. The lowest BCUT2D eigenvalue weighted by Crippen LogP contribution is -2.52. The summed E-state index contributed by atoms with van der Waals surface area (Å²) in [6, 6.07) is 0.468. The first kappa shape index (κ1) is 14.4. The number of nitrogens with zero attached hydrogens (tertiary/aromatic N) is 4. The average molecular weight is 330 g/mol. The van der Waals surface area contributed by atoms with Crippen molar-refractivity contribution in [3.63, 3.8) is 0 Å². The Morgan fingerprint density at radius 1 is 1.37 bits per heavy atom. The Bertz CT molecular complexity index is 428. The molecule has 2 heterocycles. The average Bonchev–Trinajstić information content (AvgIpc) is 2.41. The van der Waals surface area contributed by atoms with Gasteiger partial charge in [-0.1, -0.05) is 0 Å². The number of nitrogens with one attached hydrogen (secondary N) is 2. The van der Waals surface area contributed by atoms with Crippen LogP contribution in [0.5, 0.6) is 0 Å². The first-order valence-corrected chi connectivity index (χ1v) is 7.01. The first-order valence-electron chi connectivity index (χ1n) is 6.21. The zero-order chi connectivity index (χ0) is 13.8. The van der Waals surface area contributed by atoms with E-state index in [1.165, 1.54) is 6.33 Å². The molecule has 0 bridgehead atoms. The maximum absolute atomic E-state index is 5.39. The Labute approximate surface area is 121 Å². The Hall–Kier alpha value is -0.960. The molecule has 1 fully saturated rings. The summed E-state index contributed by atoms with van der Waals surface area (Å²) in [6.45, 7) is 4.09. The van der Waals surface area contributed by atoms with Crippen molar-refractivity contribution in [2.45, 2.75) is 6.04 Å². The van der Waals surface area contributed by atoms with Crippen LogP contribution in [0.2, 0.25) is 0 Å². The topological polar surface area (TPSA) is 82.3 Å². The quantitative estimate of drug-likeness (QED) is 0.537. The van der Waals surface area contributed by atoms with Gasteiger partial charge >= 0.3 is 0 Å². The monoisotopic (exact) mass is 329 g/mol. The van der Waals surface area contributed by atoms with Gasteiger partial charge < -0.3 is 15.6 Å². The highest BCUT2D eigenvalue weighted by molar-refractivity contribution is 9.10. The third kappa shape index (κ3) is 3.53. The summed E-state index contributed by atoms with van der Waals surface area (Å²) in [5, 5.41) is 3.35. The molecule has 8 heteroatoms. The van der Waals surface area contributed by atoms with Crippen molar-refractivity contribution in [2.75, 3.05) is 51.0 Å². The molecule has 0 radical (unpaired) electrons. The molecule has 0 saturated carbocycles. The third-order valence-electron chi connectivity index (χ3n) is 3.41. The van der Waals surface area contributed by atoms with Gasteiger partial charge in [-0.3, -0.25) is 4.90 Å². The van der Waals surface area contributed by atoms with Gasteiger partial charge in [0, 0.05) is 32.2 Å². The van der Waals surface area contributed by atoms with Crippen molar-refractivity contribution < 1.29 is 0 Å². The van der Waals surface area contributed by atoms with Crippen molar-refractivity contribution in [3.05, 3.63) is 10.8 Å². The zero-order valence-corrected chi connectivity index (χ0v) is 12.8. The molecule has 0 amide bonds. The van der Waals surface area contributed by atoms with Crippen LogP contribution in [0.4, 0.5) is 11.6 Å². The van der Waals surface area contributed by atoms with Crippen LogP contribution in [0.25, 0.3) is 0 Å². The summed E-state index contributed by atoms with van der Waals surface area (Å²) >= 11 is 3.44. The van der Waals surface area contributed by atoms with Gasteiger partial charge in [0.2, 0.25) is 0 Å². The predicted molar refractivity (Wildman–Crippen MR) is 79.9 cm³/mol. The van der Waals surface area contributed by atoms with E-state index in [-0.39, 0.29) is 0 Å². The molecule has 1 saturated heterocycles. The summed E-state index contributed by atoms with van der Waals surface area (Å²) in [5.41, 5.74) is 2.53. The summed E-state index contributed by atoms with van der Waals surface area (Å²) in [5.74, 6) is 6.72. The fourth-order valence-corrected chi connectivity index (χ4v) is 2.59. The second kappa shape index (κ2) is 6.47. The normalized spacial score (nSPS) is 21.4. The number of anilines is 2. The van der Waals surface area contributed by atoms with E-state index in [2.05, 4.69) is 60.5 Å². The lowest BCUT2D eigenvalue weighted by atomic mass is 10.2. The van der Waals surface area contributed by atoms with E-state index in [0.717, 1.165) is 36.5 Å². The molecule has 0 spiro atoms. The Balaban J connectivity index is 1.98. The number of hydrazine groups is 1. The van der Waals surface area contributed by atoms with E-state index >= 15 is 0 Å². The molecule has 1 aromatic rings. The second-order valence-corrected chi connectivity index (χ2v) is 5.60. The molecule has 1 aromatic heterocycles. The SMILES string of the molecule is CN1CCN(C)C(CNc2ncnc(NN)c2Br)C1. The van der Waals surface area contributed by atoms with Crippen LogP contribution in [0.15, 0.2) is 10.8 Å². The first-order chi connectivity index (χ1) is 9.11. The molecule has 1 aliphatic rings. The highest BCUT2D eigenvalue weighted by atomic mass is 79.9. The van der Waals surface area contributed by atoms with Gasteiger partial charge in [0.1, 0.15) is 16.6 Å². The van der Waals surface area contributed by atoms with Crippen LogP contribution in [0, 0.1) is 0 Å². The number of rotatable bonds is 4. The Morgan fingerprint density at radius 2 is 2.11 bits per heavy atom. The zero-order valence-electron chi connectivity index (χ0n) is 11.2. The van der Waals surface area contributed by atoms with Crippen LogP contribution in [-0.2, 0) is 0 Å². The molecule has 0 aliphatic carbocycles. The summed E-state index contributed by atoms with van der Waals surface area (Å²) in [7, 11) is 4.30. The van der Waals surface area contributed by atoms with E-state index in [4.69, 9.17) is 5.84 Å². The van der Waals surface area contributed by atoms with Gasteiger partial charge in [-0.2, -0.15) is 0 Å². The maximum Gasteiger partial charge on any atom is 0.159 e. The number of likely N-dealkylation sites (N-methyl/N-ethyl adjacent to an activating group) is 2. The van der Waals surface area contributed by atoms with E-state index in [0.29, 0.717) is 11.9 Å². The van der Waals surface area contributed by atoms with E-state index in [1.54, 1.807) is 0 Å². The van der Waals surface area contributed by atoms with Crippen molar-refractivity contribution in [1.82, 2.24) is 19.8 Å². The molecular formula is C11H20BrN7. The molecule has 2 rings (SSSR count). The molecule has 4 N–H and O–H groups in total. The van der Waals surface area contributed by atoms with Gasteiger partial charge in [-0.05, 0) is 30.0 Å².